The molecule has 0 fully saturated rings. The Morgan fingerprint density at radius 3 is 1.83 bits per heavy atom. The Morgan fingerprint density at radius 2 is 1.50 bits per heavy atom. The van der Waals surface area contributed by atoms with Gasteiger partial charge in [-0.15, -0.1) is 11.6 Å². The second kappa shape index (κ2) is 9.49. The molecule has 0 aromatic carbocycles. The highest BCUT2D eigenvalue weighted by atomic mass is 35.5. The molecular formula is C16H30ClN. The third-order valence-electron chi connectivity index (χ3n) is 2.91. The van der Waals surface area contributed by atoms with Crippen LogP contribution in [0.1, 0.15) is 47.5 Å². The standard InChI is InChI=1S/C16H30ClN/c1-13(2)9-11-18(12-10-14(3)4)16(6)8-7-15(5)17/h7-8,13-15H,6,9-12H2,1-5H3/b8-7+. The SMILES string of the molecule is C=C(/C=C/C(C)Cl)N(CCC(C)C)CCC(C)C. The number of hydrogen-bond acceptors (Lipinski definition) is 1. The van der Waals surface area contributed by atoms with Crippen molar-refractivity contribution in [2.75, 3.05) is 13.1 Å². The highest BCUT2D eigenvalue weighted by molar-refractivity contribution is 6.21. The number of hydrogen-bond donors (Lipinski definition) is 0. The van der Waals surface area contributed by atoms with Crippen molar-refractivity contribution in [1.29, 1.82) is 0 Å². The zero-order valence-corrected chi connectivity index (χ0v) is 13.5. The summed E-state index contributed by atoms with van der Waals surface area (Å²) in [4.78, 5) is 2.38. The molecule has 0 bridgehead atoms. The lowest BCUT2D eigenvalue weighted by molar-refractivity contribution is 0.308. The fourth-order valence-corrected chi connectivity index (χ4v) is 1.65. The Bertz CT molecular complexity index is 242. The fraction of sp³-hybridized carbons (Fsp3) is 0.750. The number of halogens is 1. The summed E-state index contributed by atoms with van der Waals surface area (Å²) in [6, 6.07) is 0. The summed E-state index contributed by atoms with van der Waals surface area (Å²) in [5.41, 5.74) is 1.09. The molecule has 0 spiro atoms. The predicted molar refractivity (Wildman–Crippen MR) is 84.1 cm³/mol. The van der Waals surface area contributed by atoms with Gasteiger partial charge in [0.05, 0.1) is 0 Å². The lowest BCUT2D eigenvalue weighted by Gasteiger charge is -2.27. The van der Waals surface area contributed by atoms with E-state index in [1.165, 1.54) is 12.8 Å². The van der Waals surface area contributed by atoms with Gasteiger partial charge >= 0.3 is 0 Å². The Morgan fingerprint density at radius 1 is 1.06 bits per heavy atom. The summed E-state index contributed by atoms with van der Waals surface area (Å²) < 4.78 is 0. The van der Waals surface area contributed by atoms with E-state index in [2.05, 4.69) is 45.2 Å². The van der Waals surface area contributed by atoms with Gasteiger partial charge in [-0.2, -0.15) is 0 Å². The van der Waals surface area contributed by atoms with Crippen molar-refractivity contribution >= 4 is 11.6 Å². The molecule has 0 radical (unpaired) electrons. The summed E-state index contributed by atoms with van der Waals surface area (Å²) in [6.45, 7) is 17.4. The number of rotatable bonds is 9. The molecule has 0 heterocycles. The molecule has 0 saturated carbocycles. The lowest BCUT2D eigenvalue weighted by atomic mass is 10.1. The highest BCUT2D eigenvalue weighted by Gasteiger charge is 2.08. The van der Waals surface area contributed by atoms with E-state index in [9.17, 15) is 0 Å². The monoisotopic (exact) mass is 271 g/mol. The zero-order chi connectivity index (χ0) is 14.1. The minimum Gasteiger partial charge on any atom is -0.372 e. The quantitative estimate of drug-likeness (QED) is 0.418. The van der Waals surface area contributed by atoms with Gasteiger partial charge in [-0.3, -0.25) is 0 Å². The average molecular weight is 272 g/mol. The summed E-state index contributed by atoms with van der Waals surface area (Å²) in [7, 11) is 0. The van der Waals surface area contributed by atoms with Crippen molar-refractivity contribution in [3.63, 3.8) is 0 Å². The van der Waals surface area contributed by atoms with Gasteiger partial charge < -0.3 is 4.90 Å². The van der Waals surface area contributed by atoms with Crippen LogP contribution >= 0.6 is 11.6 Å². The number of nitrogens with zero attached hydrogens (tertiary/aromatic N) is 1. The number of allylic oxidation sites excluding steroid dienone is 2. The maximum atomic E-state index is 5.94. The van der Waals surface area contributed by atoms with Crippen LogP contribution in [0.15, 0.2) is 24.4 Å². The van der Waals surface area contributed by atoms with Crippen molar-refractivity contribution in [3.8, 4) is 0 Å². The molecule has 1 unspecified atom stereocenters. The smallest absolute Gasteiger partial charge is 0.0491 e. The molecule has 18 heavy (non-hydrogen) atoms. The van der Waals surface area contributed by atoms with Gasteiger partial charge in [-0.25, -0.2) is 0 Å². The number of alkyl halides is 1. The second-order valence-electron chi connectivity index (χ2n) is 5.88. The maximum Gasteiger partial charge on any atom is 0.0491 e. The molecule has 0 saturated heterocycles. The van der Waals surface area contributed by atoms with Crippen LogP contribution in [0.4, 0.5) is 0 Å². The highest BCUT2D eigenvalue weighted by Crippen LogP contribution is 2.12. The molecule has 0 rings (SSSR count). The van der Waals surface area contributed by atoms with Crippen molar-refractivity contribution in [2.24, 2.45) is 11.8 Å². The molecule has 0 aromatic heterocycles. The van der Waals surface area contributed by atoms with Gasteiger partial charge in [0, 0.05) is 24.2 Å². The maximum absolute atomic E-state index is 5.94. The predicted octanol–water partition coefficient (Wildman–Crippen LogP) is 5.08. The third-order valence-corrected chi connectivity index (χ3v) is 3.06. The largest absolute Gasteiger partial charge is 0.372 e. The second-order valence-corrected chi connectivity index (χ2v) is 6.57. The van der Waals surface area contributed by atoms with E-state index in [0.29, 0.717) is 0 Å². The van der Waals surface area contributed by atoms with Gasteiger partial charge in [0.2, 0.25) is 0 Å². The first kappa shape index (κ1) is 17.6. The van der Waals surface area contributed by atoms with Crippen molar-refractivity contribution in [3.05, 3.63) is 24.4 Å². The van der Waals surface area contributed by atoms with E-state index in [1.807, 2.05) is 13.0 Å². The van der Waals surface area contributed by atoms with Crippen molar-refractivity contribution in [2.45, 2.75) is 52.8 Å². The summed E-state index contributed by atoms with van der Waals surface area (Å²) in [6.07, 6.45) is 6.47. The first-order chi connectivity index (χ1) is 8.32. The van der Waals surface area contributed by atoms with E-state index in [0.717, 1.165) is 30.6 Å². The summed E-state index contributed by atoms with van der Waals surface area (Å²) in [5.74, 6) is 1.46. The van der Waals surface area contributed by atoms with Gasteiger partial charge in [0.1, 0.15) is 0 Å². The molecule has 0 aliphatic heterocycles. The Balaban J connectivity index is 4.38. The molecule has 0 amide bonds. The molecule has 0 aliphatic rings. The van der Waals surface area contributed by atoms with E-state index >= 15 is 0 Å². The lowest BCUT2D eigenvalue weighted by Crippen LogP contribution is -2.26. The zero-order valence-electron chi connectivity index (χ0n) is 12.7. The topological polar surface area (TPSA) is 3.24 Å². The van der Waals surface area contributed by atoms with E-state index in [4.69, 9.17) is 11.6 Å². The summed E-state index contributed by atoms with van der Waals surface area (Å²) in [5, 5.41) is 0.0683. The van der Waals surface area contributed by atoms with Crippen LogP contribution < -0.4 is 0 Å². The summed E-state index contributed by atoms with van der Waals surface area (Å²) >= 11 is 5.94. The molecule has 2 heteroatoms. The first-order valence-electron chi connectivity index (χ1n) is 7.09. The molecule has 1 atom stereocenters. The van der Waals surface area contributed by atoms with Crippen LogP contribution in [-0.4, -0.2) is 23.4 Å². The average Bonchev–Trinajstić information content (AvgIpc) is 2.25. The Labute approximate surface area is 119 Å². The molecule has 0 aliphatic carbocycles. The van der Waals surface area contributed by atoms with Gasteiger partial charge in [-0.05, 0) is 37.7 Å². The van der Waals surface area contributed by atoms with Crippen LogP contribution in [0.2, 0.25) is 0 Å². The minimum atomic E-state index is 0.0683. The molecule has 106 valence electrons. The van der Waals surface area contributed by atoms with Crippen LogP contribution in [0.5, 0.6) is 0 Å². The normalized spacial score (nSPS) is 13.6. The molecule has 0 aromatic rings. The Kier molecular flexibility index (Phi) is 9.27. The fourth-order valence-electron chi connectivity index (χ4n) is 1.58. The minimum absolute atomic E-state index is 0.0683. The van der Waals surface area contributed by atoms with E-state index in [-0.39, 0.29) is 5.38 Å². The first-order valence-corrected chi connectivity index (χ1v) is 7.52. The van der Waals surface area contributed by atoms with Crippen molar-refractivity contribution in [1.82, 2.24) is 4.90 Å². The molecule has 1 nitrogen and oxygen atoms in total. The van der Waals surface area contributed by atoms with Crippen LogP contribution in [0.3, 0.4) is 0 Å². The van der Waals surface area contributed by atoms with Gasteiger partial charge in [0.15, 0.2) is 0 Å². The van der Waals surface area contributed by atoms with Gasteiger partial charge in [0.25, 0.3) is 0 Å². The van der Waals surface area contributed by atoms with E-state index < -0.39 is 0 Å². The van der Waals surface area contributed by atoms with E-state index in [1.54, 1.807) is 0 Å². The van der Waals surface area contributed by atoms with Crippen LogP contribution in [-0.2, 0) is 0 Å². The van der Waals surface area contributed by atoms with Crippen LogP contribution in [0.25, 0.3) is 0 Å². The van der Waals surface area contributed by atoms with Crippen LogP contribution in [0, 0.1) is 11.8 Å². The molecule has 0 N–H and O–H groups in total. The Hall–Kier alpha value is -0.430. The van der Waals surface area contributed by atoms with Crippen molar-refractivity contribution < 1.29 is 0 Å². The third kappa shape index (κ3) is 9.58. The van der Waals surface area contributed by atoms with Gasteiger partial charge in [-0.1, -0.05) is 40.3 Å². The molecular weight excluding hydrogens is 242 g/mol.